The minimum absolute atomic E-state index is 0.0241. The molecule has 7 heteroatoms. The van der Waals surface area contributed by atoms with E-state index >= 15 is 0 Å². The maximum absolute atomic E-state index is 8.71. The van der Waals surface area contributed by atoms with E-state index in [1.807, 2.05) is 18.2 Å². The summed E-state index contributed by atoms with van der Waals surface area (Å²) in [5.74, 6) is 1.16. The van der Waals surface area contributed by atoms with Crippen molar-refractivity contribution in [1.82, 2.24) is 9.55 Å². The third kappa shape index (κ3) is 2.87. The number of hydrogen-bond acceptors (Lipinski definition) is 4. The molecule has 2 rings (SSSR count). The van der Waals surface area contributed by atoms with Gasteiger partial charge in [0.05, 0.1) is 13.7 Å². The first kappa shape index (κ1) is 13.4. The first-order chi connectivity index (χ1) is 9.15. The van der Waals surface area contributed by atoms with Crippen molar-refractivity contribution in [1.29, 1.82) is 0 Å². The molecule has 1 aromatic heterocycles. The molecule has 6 nitrogen and oxygen atoms in total. The van der Waals surface area contributed by atoms with E-state index in [2.05, 4.69) is 26.1 Å². The number of rotatable bonds is 4. The lowest BCUT2D eigenvalue weighted by Crippen LogP contribution is -2.20. The van der Waals surface area contributed by atoms with Crippen molar-refractivity contribution in [3.05, 3.63) is 46.5 Å². The van der Waals surface area contributed by atoms with Gasteiger partial charge in [-0.3, -0.25) is 0 Å². The summed E-state index contributed by atoms with van der Waals surface area (Å²) in [4.78, 5) is 4.06. The second-order valence-electron chi connectivity index (χ2n) is 3.82. The van der Waals surface area contributed by atoms with Gasteiger partial charge in [0.1, 0.15) is 5.75 Å². The molecule has 0 aliphatic heterocycles. The normalized spacial score (nSPS) is 11.6. The van der Waals surface area contributed by atoms with Gasteiger partial charge in [-0.05, 0) is 23.8 Å². The maximum Gasteiger partial charge on any atom is 0.206 e. The minimum Gasteiger partial charge on any atom is -0.497 e. The van der Waals surface area contributed by atoms with Crippen molar-refractivity contribution in [3.63, 3.8) is 0 Å². The lowest BCUT2D eigenvalue weighted by atomic mass is 10.2. The fourth-order valence-corrected chi connectivity index (χ4v) is 2.07. The fourth-order valence-electron chi connectivity index (χ4n) is 1.70. The molecule has 2 aromatic rings. The molecule has 0 atom stereocenters. The number of nitrogens with two attached hydrogens (primary N) is 1. The number of imidazole rings is 1. The number of nitrogens with zero attached hydrogens (tertiary/aromatic N) is 3. The van der Waals surface area contributed by atoms with Crippen LogP contribution < -0.4 is 10.5 Å². The lowest BCUT2D eigenvalue weighted by molar-refractivity contribution is 0.318. The number of halogens is 1. The quantitative estimate of drug-likeness (QED) is 0.388. The Kier molecular flexibility index (Phi) is 4.06. The highest BCUT2D eigenvalue weighted by Gasteiger charge is 2.10. The minimum atomic E-state index is -0.0241. The summed E-state index contributed by atoms with van der Waals surface area (Å²) in [6, 6.07) is 5.69. The van der Waals surface area contributed by atoms with E-state index in [9.17, 15) is 0 Å². The van der Waals surface area contributed by atoms with Crippen LogP contribution in [0.4, 0.5) is 0 Å². The Morgan fingerprint density at radius 1 is 1.58 bits per heavy atom. The monoisotopic (exact) mass is 324 g/mol. The Labute approximate surface area is 118 Å². The van der Waals surface area contributed by atoms with Crippen LogP contribution in [0.3, 0.4) is 0 Å². The Balaban J connectivity index is 2.34. The fraction of sp³-hybridized carbons (Fsp3) is 0.167. The molecule has 0 aliphatic carbocycles. The zero-order chi connectivity index (χ0) is 13.8. The van der Waals surface area contributed by atoms with Gasteiger partial charge < -0.3 is 20.2 Å². The number of ether oxygens (including phenoxy) is 1. The molecule has 0 fully saturated rings. The number of oxime groups is 1. The molecule has 0 aliphatic rings. The SMILES string of the molecule is COc1ccc(Br)c(Cn2ccnc2C(N)=NO)c1. The van der Waals surface area contributed by atoms with Gasteiger partial charge in [0.2, 0.25) is 5.84 Å². The maximum atomic E-state index is 8.71. The van der Waals surface area contributed by atoms with Crippen LogP contribution in [-0.4, -0.2) is 27.7 Å². The van der Waals surface area contributed by atoms with E-state index in [0.29, 0.717) is 12.4 Å². The smallest absolute Gasteiger partial charge is 0.206 e. The number of amidine groups is 1. The summed E-state index contributed by atoms with van der Waals surface area (Å²) in [6.45, 7) is 0.531. The second-order valence-corrected chi connectivity index (χ2v) is 4.68. The number of aromatic nitrogens is 2. The van der Waals surface area contributed by atoms with E-state index in [1.54, 1.807) is 24.1 Å². The van der Waals surface area contributed by atoms with E-state index in [0.717, 1.165) is 15.8 Å². The summed E-state index contributed by atoms with van der Waals surface area (Å²) >= 11 is 3.48. The highest BCUT2D eigenvalue weighted by molar-refractivity contribution is 9.10. The molecule has 1 heterocycles. The largest absolute Gasteiger partial charge is 0.497 e. The van der Waals surface area contributed by atoms with Crippen LogP contribution in [0.1, 0.15) is 11.4 Å². The van der Waals surface area contributed by atoms with E-state index in [4.69, 9.17) is 15.7 Å². The van der Waals surface area contributed by atoms with Crippen LogP contribution in [0, 0.1) is 0 Å². The van der Waals surface area contributed by atoms with Crippen molar-refractivity contribution >= 4 is 21.8 Å². The Hall–Kier alpha value is -2.02. The summed E-state index contributed by atoms with van der Waals surface area (Å²) < 4.78 is 7.93. The van der Waals surface area contributed by atoms with Gasteiger partial charge >= 0.3 is 0 Å². The van der Waals surface area contributed by atoms with Crippen LogP contribution in [0.5, 0.6) is 5.75 Å². The van der Waals surface area contributed by atoms with E-state index in [1.165, 1.54) is 0 Å². The Morgan fingerprint density at radius 2 is 2.37 bits per heavy atom. The lowest BCUT2D eigenvalue weighted by Gasteiger charge is -2.10. The first-order valence-electron chi connectivity index (χ1n) is 5.47. The Morgan fingerprint density at radius 3 is 3.05 bits per heavy atom. The summed E-state index contributed by atoms with van der Waals surface area (Å²) in [5, 5.41) is 11.7. The summed E-state index contributed by atoms with van der Waals surface area (Å²) in [6.07, 6.45) is 3.36. The number of hydrogen-bond donors (Lipinski definition) is 2. The van der Waals surface area contributed by atoms with Crippen LogP contribution in [0.25, 0.3) is 0 Å². The molecule has 0 spiro atoms. The van der Waals surface area contributed by atoms with Gasteiger partial charge in [0, 0.05) is 16.9 Å². The zero-order valence-corrected chi connectivity index (χ0v) is 11.8. The predicted octanol–water partition coefficient (Wildman–Crippen LogP) is 1.80. The van der Waals surface area contributed by atoms with Gasteiger partial charge in [0.15, 0.2) is 5.82 Å². The zero-order valence-electron chi connectivity index (χ0n) is 10.2. The van der Waals surface area contributed by atoms with Gasteiger partial charge in [0.25, 0.3) is 0 Å². The van der Waals surface area contributed by atoms with Crippen molar-refractivity contribution in [2.45, 2.75) is 6.54 Å². The average molecular weight is 325 g/mol. The van der Waals surface area contributed by atoms with Gasteiger partial charge in [-0.2, -0.15) is 0 Å². The van der Waals surface area contributed by atoms with Crippen molar-refractivity contribution in [3.8, 4) is 5.75 Å². The van der Waals surface area contributed by atoms with Crippen LogP contribution in [0.2, 0.25) is 0 Å². The molecule has 1 aromatic carbocycles. The molecule has 19 heavy (non-hydrogen) atoms. The van der Waals surface area contributed by atoms with Crippen LogP contribution >= 0.6 is 15.9 Å². The van der Waals surface area contributed by atoms with Gasteiger partial charge in [-0.1, -0.05) is 21.1 Å². The topological polar surface area (TPSA) is 85.7 Å². The predicted molar refractivity (Wildman–Crippen MR) is 74.5 cm³/mol. The number of benzene rings is 1. The highest BCUT2D eigenvalue weighted by atomic mass is 79.9. The Bertz CT molecular complexity index is 610. The van der Waals surface area contributed by atoms with E-state index in [-0.39, 0.29) is 5.84 Å². The molecule has 0 saturated heterocycles. The first-order valence-corrected chi connectivity index (χ1v) is 6.26. The molecule has 3 N–H and O–H groups in total. The molecule has 0 unspecified atom stereocenters. The third-order valence-corrected chi connectivity index (χ3v) is 3.42. The second kappa shape index (κ2) is 5.75. The molecule has 0 bridgehead atoms. The molecule has 100 valence electrons. The van der Waals surface area contributed by atoms with E-state index < -0.39 is 0 Å². The van der Waals surface area contributed by atoms with Gasteiger partial charge in [-0.25, -0.2) is 4.98 Å². The van der Waals surface area contributed by atoms with Crippen molar-refractivity contribution < 1.29 is 9.94 Å². The molecular weight excluding hydrogens is 312 g/mol. The molecule has 0 radical (unpaired) electrons. The molecule has 0 saturated carbocycles. The van der Waals surface area contributed by atoms with Gasteiger partial charge in [-0.15, -0.1) is 0 Å². The van der Waals surface area contributed by atoms with Crippen LogP contribution in [-0.2, 0) is 6.54 Å². The van der Waals surface area contributed by atoms with Crippen molar-refractivity contribution in [2.24, 2.45) is 10.9 Å². The third-order valence-electron chi connectivity index (χ3n) is 2.65. The summed E-state index contributed by atoms with van der Waals surface area (Å²) in [5.41, 5.74) is 6.57. The molecule has 0 amide bonds. The van der Waals surface area contributed by atoms with Crippen molar-refractivity contribution in [2.75, 3.05) is 7.11 Å². The standard InChI is InChI=1S/C12H13BrN4O2/c1-19-9-2-3-10(13)8(6-9)7-17-5-4-15-12(17)11(14)16-18/h2-6,18H,7H2,1H3,(H2,14,16). The summed E-state index contributed by atoms with van der Waals surface area (Å²) in [7, 11) is 1.62. The average Bonchev–Trinajstić information content (AvgIpc) is 2.88. The molecular formula is C12H13BrN4O2. The van der Waals surface area contributed by atoms with Crippen LogP contribution in [0.15, 0.2) is 40.2 Å². The number of methoxy groups -OCH3 is 1. The highest BCUT2D eigenvalue weighted by Crippen LogP contribution is 2.23.